The average Bonchev–Trinajstić information content (AvgIpc) is 2.89. The van der Waals surface area contributed by atoms with E-state index in [2.05, 4.69) is 13.5 Å². The molecule has 2 aromatic carbocycles. The first kappa shape index (κ1) is 27.3. The molecule has 2 aliphatic carbocycles. The van der Waals surface area contributed by atoms with Crippen LogP contribution in [0.1, 0.15) is 104 Å². The van der Waals surface area contributed by atoms with E-state index in [0.29, 0.717) is 55.1 Å². The van der Waals surface area contributed by atoms with Gasteiger partial charge in [0.1, 0.15) is 17.7 Å². The van der Waals surface area contributed by atoms with E-state index >= 15 is 8.78 Å². The van der Waals surface area contributed by atoms with Crippen molar-refractivity contribution < 1.29 is 27.4 Å². The standard InChI is InChI=1S/C31H37F3O3/c1-3-4-5-18-36-24-14-15-27(28(32)19-24)31(35)37-23-12-10-22(11-13-23)26-17-16-25(29(33)30(26)34)21-8-6-20(2)7-9-21/h3,14-17,19-23H,1,4-13,18H2,2H3. The molecule has 0 spiro atoms. The van der Waals surface area contributed by atoms with Gasteiger partial charge in [-0.15, -0.1) is 6.58 Å². The maximum absolute atomic E-state index is 15.1. The summed E-state index contributed by atoms with van der Waals surface area (Å²) in [5, 5.41) is 0. The predicted octanol–water partition coefficient (Wildman–Crippen LogP) is 8.63. The van der Waals surface area contributed by atoms with Crippen LogP contribution in [0.5, 0.6) is 5.75 Å². The fourth-order valence-corrected chi connectivity index (χ4v) is 5.66. The van der Waals surface area contributed by atoms with Crippen molar-refractivity contribution >= 4 is 5.97 Å². The molecule has 2 fully saturated rings. The molecule has 0 amide bonds. The lowest BCUT2D eigenvalue weighted by Crippen LogP contribution is -2.25. The largest absolute Gasteiger partial charge is 0.493 e. The highest BCUT2D eigenvalue weighted by Gasteiger charge is 2.30. The molecule has 2 saturated carbocycles. The molecule has 6 heteroatoms. The minimum atomic E-state index is -0.731. The minimum Gasteiger partial charge on any atom is -0.493 e. The van der Waals surface area contributed by atoms with Crippen LogP contribution in [0.3, 0.4) is 0 Å². The smallest absolute Gasteiger partial charge is 0.341 e. The first-order chi connectivity index (χ1) is 17.9. The number of carbonyl (C=O) groups excluding carboxylic acids is 1. The predicted molar refractivity (Wildman–Crippen MR) is 138 cm³/mol. The Bertz CT molecular complexity index is 1080. The lowest BCUT2D eigenvalue weighted by atomic mass is 9.77. The fraction of sp³-hybridized carbons (Fsp3) is 0.516. The molecule has 0 atom stereocenters. The molecule has 0 bridgehead atoms. The van der Waals surface area contributed by atoms with Crippen molar-refractivity contribution in [2.24, 2.45) is 5.92 Å². The fourth-order valence-electron chi connectivity index (χ4n) is 5.66. The van der Waals surface area contributed by atoms with Gasteiger partial charge in [-0.25, -0.2) is 18.0 Å². The molecule has 2 aliphatic rings. The molecule has 0 aromatic heterocycles. The number of allylic oxidation sites excluding steroid dienone is 1. The summed E-state index contributed by atoms with van der Waals surface area (Å²) in [6.07, 6.45) is 9.09. The Labute approximate surface area is 218 Å². The number of rotatable bonds is 9. The third kappa shape index (κ3) is 6.77. The zero-order chi connectivity index (χ0) is 26.4. The minimum absolute atomic E-state index is 0.0909. The molecular weight excluding hydrogens is 477 g/mol. The molecule has 200 valence electrons. The molecule has 3 nitrogen and oxygen atoms in total. The van der Waals surface area contributed by atoms with Crippen LogP contribution < -0.4 is 4.74 Å². The molecule has 2 aromatic rings. The number of esters is 1. The second-order valence-corrected chi connectivity index (χ2v) is 10.6. The van der Waals surface area contributed by atoms with Crippen molar-refractivity contribution in [3.8, 4) is 5.75 Å². The maximum atomic E-state index is 15.1. The highest BCUT2D eigenvalue weighted by Crippen LogP contribution is 2.40. The van der Waals surface area contributed by atoms with E-state index in [4.69, 9.17) is 9.47 Å². The molecule has 37 heavy (non-hydrogen) atoms. The second kappa shape index (κ2) is 12.7. The monoisotopic (exact) mass is 514 g/mol. The van der Waals surface area contributed by atoms with Crippen LogP contribution in [-0.2, 0) is 4.74 Å². The molecular formula is C31H37F3O3. The topological polar surface area (TPSA) is 35.5 Å². The van der Waals surface area contributed by atoms with Gasteiger partial charge in [0.05, 0.1) is 12.2 Å². The Morgan fingerprint density at radius 2 is 1.51 bits per heavy atom. The van der Waals surface area contributed by atoms with E-state index in [-0.39, 0.29) is 23.5 Å². The van der Waals surface area contributed by atoms with Crippen LogP contribution in [0, 0.1) is 23.4 Å². The van der Waals surface area contributed by atoms with Crippen LogP contribution in [-0.4, -0.2) is 18.7 Å². The van der Waals surface area contributed by atoms with Crippen LogP contribution >= 0.6 is 0 Å². The SMILES string of the molecule is C=CCCCOc1ccc(C(=O)OC2CCC(c3ccc(C4CCC(C)CC4)c(F)c3F)CC2)c(F)c1. The summed E-state index contributed by atoms with van der Waals surface area (Å²) in [5.74, 6) is -1.87. The van der Waals surface area contributed by atoms with Gasteiger partial charge in [-0.05, 0) is 92.4 Å². The average molecular weight is 515 g/mol. The zero-order valence-corrected chi connectivity index (χ0v) is 21.6. The van der Waals surface area contributed by atoms with E-state index in [1.807, 2.05) is 0 Å². The first-order valence-corrected chi connectivity index (χ1v) is 13.6. The summed E-state index contributed by atoms with van der Waals surface area (Å²) in [4.78, 5) is 12.6. The van der Waals surface area contributed by atoms with Gasteiger partial charge in [0.2, 0.25) is 0 Å². The zero-order valence-electron chi connectivity index (χ0n) is 21.6. The van der Waals surface area contributed by atoms with Gasteiger partial charge in [-0.3, -0.25) is 0 Å². The molecule has 0 heterocycles. The lowest BCUT2D eigenvalue weighted by molar-refractivity contribution is 0.0189. The quantitative estimate of drug-likeness (QED) is 0.191. The van der Waals surface area contributed by atoms with Crippen LogP contribution in [0.2, 0.25) is 0 Å². The molecule has 0 unspecified atom stereocenters. The van der Waals surface area contributed by atoms with Gasteiger partial charge in [0.15, 0.2) is 11.6 Å². The van der Waals surface area contributed by atoms with Gasteiger partial charge in [-0.2, -0.15) is 0 Å². The summed E-state index contributed by atoms with van der Waals surface area (Å²) in [5.41, 5.74) is 0.775. The summed E-state index contributed by atoms with van der Waals surface area (Å²) >= 11 is 0. The van der Waals surface area contributed by atoms with Gasteiger partial charge in [-0.1, -0.05) is 38.0 Å². The van der Waals surface area contributed by atoms with Crippen molar-refractivity contribution in [2.45, 2.75) is 89.1 Å². The Balaban J connectivity index is 1.31. The normalized spacial score (nSPS) is 23.9. The number of ether oxygens (including phenoxy) is 2. The number of hydrogen-bond donors (Lipinski definition) is 0. The Morgan fingerprint density at radius 3 is 2.08 bits per heavy atom. The lowest BCUT2D eigenvalue weighted by Gasteiger charge is -2.30. The molecule has 0 radical (unpaired) electrons. The highest BCUT2D eigenvalue weighted by atomic mass is 19.2. The Kier molecular flexibility index (Phi) is 9.33. The van der Waals surface area contributed by atoms with Gasteiger partial charge in [0, 0.05) is 6.07 Å². The van der Waals surface area contributed by atoms with Crippen molar-refractivity contribution in [1.29, 1.82) is 0 Å². The molecule has 0 N–H and O–H groups in total. The highest BCUT2D eigenvalue weighted by molar-refractivity contribution is 5.90. The summed E-state index contributed by atoms with van der Waals surface area (Å²) in [6, 6.07) is 7.64. The maximum Gasteiger partial charge on any atom is 0.341 e. The first-order valence-electron chi connectivity index (χ1n) is 13.6. The van der Waals surface area contributed by atoms with Crippen molar-refractivity contribution in [2.75, 3.05) is 6.61 Å². The number of benzene rings is 2. The number of carbonyl (C=O) groups is 1. The van der Waals surface area contributed by atoms with Gasteiger partial charge >= 0.3 is 5.97 Å². The summed E-state index contributed by atoms with van der Waals surface area (Å²) < 4.78 is 55.7. The summed E-state index contributed by atoms with van der Waals surface area (Å²) in [6.45, 7) is 6.29. The number of hydrogen-bond acceptors (Lipinski definition) is 3. The molecule has 0 saturated heterocycles. The van der Waals surface area contributed by atoms with Crippen LogP contribution in [0.15, 0.2) is 43.0 Å². The van der Waals surface area contributed by atoms with E-state index in [0.717, 1.165) is 38.5 Å². The number of halogens is 3. The summed E-state index contributed by atoms with van der Waals surface area (Å²) in [7, 11) is 0. The third-order valence-corrected chi connectivity index (χ3v) is 7.97. The third-order valence-electron chi connectivity index (χ3n) is 7.97. The molecule has 0 aliphatic heterocycles. The number of unbranched alkanes of at least 4 members (excludes halogenated alkanes) is 1. The van der Waals surface area contributed by atoms with Gasteiger partial charge in [0.25, 0.3) is 0 Å². The molecule has 4 rings (SSSR count). The Hall–Kier alpha value is -2.76. The van der Waals surface area contributed by atoms with E-state index < -0.39 is 23.4 Å². The van der Waals surface area contributed by atoms with Crippen molar-refractivity contribution in [3.05, 3.63) is 77.1 Å². The second-order valence-electron chi connectivity index (χ2n) is 10.6. The van der Waals surface area contributed by atoms with E-state index in [9.17, 15) is 9.18 Å². The van der Waals surface area contributed by atoms with Crippen LogP contribution in [0.25, 0.3) is 0 Å². The van der Waals surface area contributed by atoms with Crippen molar-refractivity contribution in [1.82, 2.24) is 0 Å². The van der Waals surface area contributed by atoms with E-state index in [1.54, 1.807) is 24.3 Å². The van der Waals surface area contributed by atoms with Crippen LogP contribution in [0.4, 0.5) is 13.2 Å². The Morgan fingerprint density at radius 1 is 0.919 bits per heavy atom. The van der Waals surface area contributed by atoms with E-state index in [1.165, 1.54) is 12.1 Å². The van der Waals surface area contributed by atoms with Gasteiger partial charge < -0.3 is 9.47 Å². The van der Waals surface area contributed by atoms with Crippen molar-refractivity contribution in [3.63, 3.8) is 0 Å².